The number of halogens is 3. The number of benzene rings is 2. The number of carbonyl (C=O) groups is 2. The van der Waals surface area contributed by atoms with Crippen LogP contribution < -0.4 is 25.6 Å². The number of hydrazine groups is 1. The molecule has 0 bridgehead atoms. The topological polar surface area (TPSA) is 88.7 Å². The summed E-state index contributed by atoms with van der Waals surface area (Å²) in [4.78, 5) is 24.6. The summed E-state index contributed by atoms with van der Waals surface area (Å²) in [7, 11) is 0. The minimum atomic E-state index is -0.472. The van der Waals surface area contributed by atoms with E-state index in [1.807, 2.05) is 26.0 Å². The molecular weight excluding hydrogens is 618 g/mol. The molecule has 7 nitrogen and oxygen atoms in total. The first kappa shape index (κ1) is 25.6. The minimum absolute atomic E-state index is 0.0687. The Balaban J connectivity index is 1.87. The van der Waals surface area contributed by atoms with Crippen molar-refractivity contribution in [1.29, 1.82) is 0 Å². The lowest BCUT2D eigenvalue weighted by molar-refractivity contribution is -0.123. The highest BCUT2D eigenvalue weighted by Crippen LogP contribution is 2.32. The van der Waals surface area contributed by atoms with Crippen molar-refractivity contribution in [3.8, 4) is 11.5 Å². The summed E-state index contributed by atoms with van der Waals surface area (Å²) in [6, 6.07) is 8.81. The number of ether oxygens (including phenoxy) is 2. The molecule has 0 aliphatic heterocycles. The van der Waals surface area contributed by atoms with Crippen LogP contribution in [0.5, 0.6) is 11.5 Å². The molecule has 31 heavy (non-hydrogen) atoms. The molecular formula is C20H20Br3N3O4S. The van der Waals surface area contributed by atoms with Crippen LogP contribution in [-0.2, 0) is 4.79 Å². The number of carbonyl (C=O) groups excluding carboxylic acids is 2. The molecule has 0 aliphatic carbocycles. The summed E-state index contributed by atoms with van der Waals surface area (Å²) in [5, 5.41) is 2.44. The van der Waals surface area contributed by atoms with Crippen LogP contribution in [0.15, 0.2) is 43.7 Å². The first-order chi connectivity index (χ1) is 14.7. The van der Waals surface area contributed by atoms with E-state index in [0.29, 0.717) is 23.7 Å². The summed E-state index contributed by atoms with van der Waals surface area (Å²) in [6.45, 7) is 4.08. The Morgan fingerprint density at radius 3 is 2.45 bits per heavy atom. The van der Waals surface area contributed by atoms with Crippen LogP contribution in [0.25, 0.3) is 0 Å². The Kier molecular flexibility index (Phi) is 10.2. The summed E-state index contributed by atoms with van der Waals surface area (Å²) in [5.74, 6) is 0.0618. The lowest BCUT2D eigenvalue weighted by Crippen LogP contribution is -2.49. The monoisotopic (exact) mass is 635 g/mol. The molecule has 2 aromatic rings. The molecule has 0 heterocycles. The van der Waals surface area contributed by atoms with Crippen LogP contribution in [-0.4, -0.2) is 30.1 Å². The molecule has 2 aromatic carbocycles. The van der Waals surface area contributed by atoms with Gasteiger partial charge in [-0.05, 0) is 77.4 Å². The van der Waals surface area contributed by atoms with E-state index < -0.39 is 11.8 Å². The maximum absolute atomic E-state index is 12.6. The van der Waals surface area contributed by atoms with E-state index in [1.54, 1.807) is 18.2 Å². The number of aryl methyl sites for hydroxylation is 1. The third-order valence-corrected chi connectivity index (χ3v) is 5.48. The molecule has 11 heteroatoms. The van der Waals surface area contributed by atoms with E-state index in [9.17, 15) is 9.59 Å². The Morgan fingerprint density at radius 2 is 1.77 bits per heavy atom. The summed E-state index contributed by atoms with van der Waals surface area (Å²) < 4.78 is 13.5. The van der Waals surface area contributed by atoms with Crippen molar-refractivity contribution in [2.45, 2.75) is 20.3 Å². The van der Waals surface area contributed by atoms with Gasteiger partial charge in [0, 0.05) is 8.95 Å². The van der Waals surface area contributed by atoms with Gasteiger partial charge in [0.2, 0.25) is 0 Å². The molecule has 0 aromatic heterocycles. The molecule has 0 aliphatic rings. The van der Waals surface area contributed by atoms with Crippen LogP contribution in [0.4, 0.5) is 0 Å². The van der Waals surface area contributed by atoms with Gasteiger partial charge in [0.05, 0.1) is 16.6 Å². The molecule has 3 N–H and O–H groups in total. The van der Waals surface area contributed by atoms with E-state index in [2.05, 4.69) is 64.0 Å². The van der Waals surface area contributed by atoms with E-state index in [1.165, 1.54) is 0 Å². The molecule has 0 atom stereocenters. The molecule has 0 saturated heterocycles. The fraction of sp³-hybridized carbons (Fsp3) is 0.250. The van der Waals surface area contributed by atoms with Crippen LogP contribution in [0.3, 0.4) is 0 Å². The normalized spacial score (nSPS) is 10.2. The highest BCUT2D eigenvalue weighted by atomic mass is 79.9. The van der Waals surface area contributed by atoms with Gasteiger partial charge in [-0.15, -0.1) is 0 Å². The number of rotatable bonds is 7. The first-order valence-electron chi connectivity index (χ1n) is 9.12. The predicted molar refractivity (Wildman–Crippen MR) is 133 cm³/mol. The fourth-order valence-electron chi connectivity index (χ4n) is 2.39. The molecule has 0 spiro atoms. The maximum atomic E-state index is 12.6. The van der Waals surface area contributed by atoms with E-state index >= 15 is 0 Å². The molecule has 2 rings (SSSR count). The van der Waals surface area contributed by atoms with E-state index in [-0.39, 0.29) is 11.7 Å². The zero-order chi connectivity index (χ0) is 23.0. The smallest absolute Gasteiger partial charge is 0.276 e. The van der Waals surface area contributed by atoms with E-state index in [0.717, 1.165) is 25.4 Å². The zero-order valence-corrected chi connectivity index (χ0v) is 22.3. The molecule has 0 fully saturated rings. The van der Waals surface area contributed by atoms with Crippen LogP contribution in [0.2, 0.25) is 0 Å². The number of nitrogens with one attached hydrogen (secondary N) is 3. The Hall–Kier alpha value is -1.69. The third-order valence-electron chi connectivity index (χ3n) is 3.73. The van der Waals surface area contributed by atoms with Crippen LogP contribution in [0.1, 0.15) is 29.3 Å². The van der Waals surface area contributed by atoms with Crippen molar-refractivity contribution in [2.75, 3.05) is 13.2 Å². The van der Waals surface area contributed by atoms with Gasteiger partial charge in [0.25, 0.3) is 11.8 Å². The minimum Gasteiger partial charge on any atom is -0.493 e. The number of hydrogen-bond donors (Lipinski definition) is 3. The second kappa shape index (κ2) is 12.4. The van der Waals surface area contributed by atoms with Gasteiger partial charge in [-0.2, -0.15) is 0 Å². The van der Waals surface area contributed by atoms with Crippen molar-refractivity contribution in [2.24, 2.45) is 0 Å². The van der Waals surface area contributed by atoms with Crippen molar-refractivity contribution < 1.29 is 19.1 Å². The summed E-state index contributed by atoms with van der Waals surface area (Å²) >= 11 is 15.2. The highest BCUT2D eigenvalue weighted by molar-refractivity contribution is 9.11. The molecule has 0 unspecified atom stereocenters. The van der Waals surface area contributed by atoms with Gasteiger partial charge < -0.3 is 9.47 Å². The lowest BCUT2D eigenvalue weighted by Gasteiger charge is -2.14. The van der Waals surface area contributed by atoms with E-state index in [4.69, 9.17) is 21.7 Å². The average molecular weight is 638 g/mol. The van der Waals surface area contributed by atoms with Crippen molar-refractivity contribution in [1.82, 2.24) is 16.2 Å². The van der Waals surface area contributed by atoms with Crippen LogP contribution in [0, 0.1) is 6.92 Å². The molecule has 166 valence electrons. The van der Waals surface area contributed by atoms with Crippen molar-refractivity contribution in [3.05, 3.63) is 54.9 Å². The number of amides is 2. The van der Waals surface area contributed by atoms with Crippen molar-refractivity contribution in [3.63, 3.8) is 0 Å². The van der Waals surface area contributed by atoms with Gasteiger partial charge in [-0.3, -0.25) is 25.8 Å². The zero-order valence-electron chi connectivity index (χ0n) is 16.7. The molecule has 0 radical (unpaired) electrons. The average Bonchev–Trinajstić information content (AvgIpc) is 2.70. The maximum Gasteiger partial charge on any atom is 0.276 e. The largest absolute Gasteiger partial charge is 0.493 e. The second-order valence-electron chi connectivity index (χ2n) is 6.27. The molecule has 0 saturated carbocycles. The van der Waals surface area contributed by atoms with Crippen LogP contribution >= 0.6 is 60.0 Å². The van der Waals surface area contributed by atoms with Gasteiger partial charge in [0.15, 0.2) is 11.7 Å². The Bertz CT molecular complexity index is 965. The number of thiocarbonyl (C=S) groups is 1. The van der Waals surface area contributed by atoms with Gasteiger partial charge in [-0.25, -0.2) is 0 Å². The second-order valence-corrected chi connectivity index (χ2v) is 9.36. The SMILES string of the molecule is CCCOc1ccc(Br)cc1C(=O)NC(=S)NNC(=O)COc1c(C)cc(Br)cc1Br. The first-order valence-corrected chi connectivity index (χ1v) is 11.9. The molecule has 2 amide bonds. The third kappa shape index (κ3) is 8.06. The Labute approximate surface area is 211 Å². The highest BCUT2D eigenvalue weighted by Gasteiger charge is 2.15. The summed E-state index contributed by atoms with van der Waals surface area (Å²) in [6.07, 6.45) is 0.807. The van der Waals surface area contributed by atoms with Gasteiger partial charge in [-0.1, -0.05) is 38.8 Å². The van der Waals surface area contributed by atoms with Crippen molar-refractivity contribution >= 4 is 76.9 Å². The standard InChI is InChI=1S/C20H20Br3N3O4S/c1-3-6-29-16-5-4-12(21)8-14(16)19(28)24-20(31)26-25-17(27)10-30-18-11(2)7-13(22)9-15(18)23/h4-5,7-9H,3,6,10H2,1-2H3,(H,25,27)(H2,24,26,28,31). The lowest BCUT2D eigenvalue weighted by atomic mass is 10.2. The summed E-state index contributed by atoms with van der Waals surface area (Å²) in [5.41, 5.74) is 6.05. The van der Waals surface area contributed by atoms with Gasteiger partial charge >= 0.3 is 0 Å². The Morgan fingerprint density at radius 1 is 1.03 bits per heavy atom. The predicted octanol–water partition coefficient (Wildman–Crippen LogP) is 4.79. The fourth-order valence-corrected chi connectivity index (χ4v) is 4.45. The van der Waals surface area contributed by atoms with Gasteiger partial charge in [0.1, 0.15) is 11.5 Å². The quantitative estimate of drug-likeness (QED) is 0.299. The number of hydrogen-bond acceptors (Lipinski definition) is 5.